The number of aryl methyl sites for hydroxylation is 1. The lowest BCUT2D eigenvalue weighted by atomic mass is 10.1. The Balaban J connectivity index is 3.01. The second-order valence-electron chi connectivity index (χ2n) is 4.16. The molecule has 0 fully saturated rings. The summed E-state index contributed by atoms with van der Waals surface area (Å²) < 4.78 is 6.67. The number of aromatic nitrogens is 1. The summed E-state index contributed by atoms with van der Waals surface area (Å²) in [6, 6.07) is 1.76. The summed E-state index contributed by atoms with van der Waals surface area (Å²) in [6.45, 7) is 7.53. The van der Waals surface area contributed by atoms with Gasteiger partial charge >= 0.3 is 5.97 Å². The molecule has 0 N–H and O–H groups in total. The van der Waals surface area contributed by atoms with Crippen LogP contribution in [0, 0.1) is 13.8 Å². The minimum atomic E-state index is -0.568. The van der Waals surface area contributed by atoms with E-state index in [0.717, 1.165) is 11.4 Å². The molecule has 0 amide bonds. The lowest BCUT2D eigenvalue weighted by Crippen LogP contribution is -2.16. The summed E-state index contributed by atoms with van der Waals surface area (Å²) in [5.74, 6) is -0.433. The van der Waals surface area contributed by atoms with Crippen molar-refractivity contribution in [2.45, 2.75) is 39.6 Å². The number of esters is 1. The van der Waals surface area contributed by atoms with E-state index in [4.69, 9.17) is 16.3 Å². The van der Waals surface area contributed by atoms with Gasteiger partial charge in [-0.25, -0.2) is 0 Å². The van der Waals surface area contributed by atoms with Crippen LogP contribution in [0.1, 0.15) is 35.6 Å². The molecule has 1 aromatic heterocycles. The zero-order valence-electron chi connectivity index (χ0n) is 11.1. The molecule has 100 valence electrons. The van der Waals surface area contributed by atoms with Crippen LogP contribution in [0.15, 0.2) is 6.07 Å². The maximum Gasteiger partial charge on any atom is 0.325 e. The fraction of sp³-hybridized carbons (Fsp3) is 0.538. The van der Waals surface area contributed by atoms with Gasteiger partial charge < -0.3 is 9.30 Å². The molecule has 1 rings (SSSR count). The monoisotopic (exact) mass is 271 g/mol. The standard InChI is InChI=1S/C13H18ClNO3/c1-5-18-12(16)7-15-8(2)6-11(10(15)4)13(17)9(3)14/h6,9H,5,7H2,1-4H3. The second kappa shape index (κ2) is 6.05. The first kappa shape index (κ1) is 14.8. The van der Waals surface area contributed by atoms with E-state index >= 15 is 0 Å². The van der Waals surface area contributed by atoms with Gasteiger partial charge in [0.15, 0.2) is 5.78 Å². The Kier molecular flexibility index (Phi) is 4.96. The Labute approximate surface area is 112 Å². The minimum Gasteiger partial charge on any atom is -0.465 e. The summed E-state index contributed by atoms with van der Waals surface area (Å²) in [5, 5.41) is -0.568. The molecule has 0 bridgehead atoms. The summed E-state index contributed by atoms with van der Waals surface area (Å²) in [7, 11) is 0. The van der Waals surface area contributed by atoms with Crippen LogP contribution in [0.5, 0.6) is 0 Å². The number of hydrogen-bond acceptors (Lipinski definition) is 3. The summed E-state index contributed by atoms with van der Waals surface area (Å²) in [5.41, 5.74) is 2.17. The Morgan fingerprint density at radius 3 is 2.56 bits per heavy atom. The van der Waals surface area contributed by atoms with E-state index in [1.54, 1.807) is 31.4 Å². The topological polar surface area (TPSA) is 48.3 Å². The van der Waals surface area contributed by atoms with E-state index in [0.29, 0.717) is 12.2 Å². The second-order valence-corrected chi connectivity index (χ2v) is 4.81. The van der Waals surface area contributed by atoms with E-state index in [1.165, 1.54) is 0 Å². The number of rotatable bonds is 5. The highest BCUT2D eigenvalue weighted by Gasteiger charge is 2.20. The third kappa shape index (κ3) is 3.13. The SMILES string of the molecule is CCOC(=O)Cn1c(C)cc(C(=O)C(C)Cl)c1C. The fourth-order valence-electron chi connectivity index (χ4n) is 1.84. The van der Waals surface area contributed by atoms with Gasteiger partial charge in [-0.05, 0) is 33.8 Å². The van der Waals surface area contributed by atoms with Crippen molar-refractivity contribution < 1.29 is 14.3 Å². The van der Waals surface area contributed by atoms with Gasteiger partial charge in [0.25, 0.3) is 0 Å². The van der Waals surface area contributed by atoms with Crippen LogP contribution in [-0.2, 0) is 16.1 Å². The third-order valence-corrected chi connectivity index (χ3v) is 2.99. The molecule has 18 heavy (non-hydrogen) atoms. The number of nitrogens with zero attached hydrogens (tertiary/aromatic N) is 1. The number of alkyl halides is 1. The normalized spacial score (nSPS) is 12.3. The average molecular weight is 272 g/mol. The Hall–Kier alpha value is -1.29. The van der Waals surface area contributed by atoms with Crippen molar-refractivity contribution in [1.82, 2.24) is 4.57 Å². The fourth-order valence-corrected chi connectivity index (χ4v) is 1.96. The van der Waals surface area contributed by atoms with Crippen LogP contribution in [-0.4, -0.2) is 28.3 Å². The Bertz CT molecular complexity index is 463. The van der Waals surface area contributed by atoms with Crippen LogP contribution in [0.25, 0.3) is 0 Å². The first-order chi connectivity index (χ1) is 8.38. The first-order valence-corrected chi connectivity index (χ1v) is 6.32. The van der Waals surface area contributed by atoms with E-state index < -0.39 is 5.38 Å². The van der Waals surface area contributed by atoms with Crippen molar-refractivity contribution in [1.29, 1.82) is 0 Å². The number of carbonyl (C=O) groups excluding carboxylic acids is 2. The van der Waals surface area contributed by atoms with Crippen molar-refractivity contribution in [3.05, 3.63) is 23.0 Å². The van der Waals surface area contributed by atoms with Crippen molar-refractivity contribution in [2.75, 3.05) is 6.61 Å². The quantitative estimate of drug-likeness (QED) is 0.470. The van der Waals surface area contributed by atoms with Gasteiger partial charge in [0.1, 0.15) is 6.54 Å². The molecule has 0 aromatic carbocycles. The van der Waals surface area contributed by atoms with Crippen molar-refractivity contribution >= 4 is 23.4 Å². The minimum absolute atomic E-state index is 0.120. The molecule has 5 heteroatoms. The molecule has 1 atom stereocenters. The maximum absolute atomic E-state index is 11.9. The maximum atomic E-state index is 11.9. The molecule has 0 aliphatic rings. The predicted molar refractivity (Wildman–Crippen MR) is 70.2 cm³/mol. The molecule has 4 nitrogen and oxygen atoms in total. The number of carbonyl (C=O) groups is 2. The average Bonchev–Trinajstić information content (AvgIpc) is 2.56. The van der Waals surface area contributed by atoms with Gasteiger partial charge in [-0.1, -0.05) is 0 Å². The molecule has 0 saturated carbocycles. The lowest BCUT2D eigenvalue weighted by Gasteiger charge is -2.09. The summed E-state index contributed by atoms with van der Waals surface area (Å²) in [6.07, 6.45) is 0. The van der Waals surface area contributed by atoms with E-state index in [2.05, 4.69) is 0 Å². The van der Waals surface area contributed by atoms with Gasteiger partial charge in [0.2, 0.25) is 0 Å². The number of Topliss-reactive ketones (excluding diaryl/α,β-unsaturated/α-hetero) is 1. The van der Waals surface area contributed by atoms with Gasteiger partial charge in [-0.2, -0.15) is 0 Å². The number of halogens is 1. The zero-order chi connectivity index (χ0) is 13.9. The molecule has 1 heterocycles. The summed E-state index contributed by atoms with van der Waals surface area (Å²) in [4.78, 5) is 23.4. The molecule has 0 aliphatic carbocycles. The zero-order valence-corrected chi connectivity index (χ0v) is 11.9. The van der Waals surface area contributed by atoms with Crippen LogP contribution in [0.2, 0.25) is 0 Å². The summed E-state index contributed by atoms with van der Waals surface area (Å²) >= 11 is 5.80. The smallest absolute Gasteiger partial charge is 0.325 e. The third-order valence-electron chi connectivity index (χ3n) is 2.79. The highest BCUT2D eigenvalue weighted by molar-refractivity contribution is 6.33. The molecule has 1 aromatic rings. The Morgan fingerprint density at radius 2 is 2.06 bits per heavy atom. The van der Waals surface area contributed by atoms with Crippen molar-refractivity contribution in [3.8, 4) is 0 Å². The van der Waals surface area contributed by atoms with Crippen molar-refractivity contribution in [3.63, 3.8) is 0 Å². The molecule has 1 unspecified atom stereocenters. The molecule has 0 spiro atoms. The van der Waals surface area contributed by atoms with Gasteiger partial charge in [0.05, 0.1) is 12.0 Å². The number of ether oxygens (including phenoxy) is 1. The van der Waals surface area contributed by atoms with E-state index in [9.17, 15) is 9.59 Å². The van der Waals surface area contributed by atoms with Gasteiger partial charge in [-0.3, -0.25) is 9.59 Å². The predicted octanol–water partition coefficient (Wildman–Crippen LogP) is 2.48. The molecular formula is C13H18ClNO3. The van der Waals surface area contributed by atoms with Crippen LogP contribution < -0.4 is 0 Å². The van der Waals surface area contributed by atoms with Crippen molar-refractivity contribution in [2.24, 2.45) is 0 Å². The number of ketones is 1. The van der Waals surface area contributed by atoms with Gasteiger partial charge in [-0.15, -0.1) is 11.6 Å². The van der Waals surface area contributed by atoms with Crippen LogP contribution in [0.4, 0.5) is 0 Å². The Morgan fingerprint density at radius 1 is 1.44 bits per heavy atom. The molecule has 0 saturated heterocycles. The highest BCUT2D eigenvalue weighted by Crippen LogP contribution is 2.18. The van der Waals surface area contributed by atoms with E-state index in [-0.39, 0.29) is 18.3 Å². The first-order valence-electron chi connectivity index (χ1n) is 5.89. The van der Waals surface area contributed by atoms with Gasteiger partial charge in [0, 0.05) is 17.0 Å². The van der Waals surface area contributed by atoms with E-state index in [1.807, 2.05) is 6.92 Å². The molecule has 0 radical (unpaired) electrons. The lowest BCUT2D eigenvalue weighted by molar-refractivity contribution is -0.143. The molecule has 0 aliphatic heterocycles. The largest absolute Gasteiger partial charge is 0.465 e. The highest BCUT2D eigenvalue weighted by atomic mass is 35.5. The van der Waals surface area contributed by atoms with Crippen LogP contribution in [0.3, 0.4) is 0 Å². The van der Waals surface area contributed by atoms with Crippen LogP contribution >= 0.6 is 11.6 Å². The molecular weight excluding hydrogens is 254 g/mol. The number of hydrogen-bond donors (Lipinski definition) is 0.